The van der Waals surface area contributed by atoms with Gasteiger partial charge in [0.2, 0.25) is 0 Å². The molecule has 0 saturated carbocycles. The zero-order chi connectivity index (χ0) is 8.97. The molecule has 0 aliphatic heterocycles. The molecule has 0 N–H and O–H groups in total. The van der Waals surface area contributed by atoms with E-state index in [1.165, 1.54) is 0 Å². The maximum atomic E-state index is 5.73. The molecule has 1 rings (SSSR count). The molecule has 0 saturated heterocycles. The predicted molar refractivity (Wildman–Crippen MR) is 54.9 cm³/mol. The number of halogens is 1. The van der Waals surface area contributed by atoms with Gasteiger partial charge >= 0.3 is 0 Å². The zero-order valence-corrected chi connectivity index (χ0v) is 8.19. The molecule has 62 valence electrons. The van der Waals surface area contributed by atoms with Crippen molar-refractivity contribution in [3.8, 4) is 0 Å². The van der Waals surface area contributed by atoms with Gasteiger partial charge in [0.05, 0.1) is 11.2 Å². The van der Waals surface area contributed by atoms with E-state index in [1.54, 1.807) is 0 Å². The highest BCUT2D eigenvalue weighted by molar-refractivity contribution is 7.78. The summed E-state index contributed by atoms with van der Waals surface area (Å²) in [5, 5.41) is 3.09. The first-order valence-corrected chi connectivity index (χ1v) is 4.35. The fourth-order valence-electron chi connectivity index (χ4n) is 0.895. The summed E-state index contributed by atoms with van der Waals surface area (Å²) >= 11 is 10.2. The van der Waals surface area contributed by atoms with Crippen molar-refractivity contribution in [2.24, 2.45) is 4.99 Å². The van der Waals surface area contributed by atoms with Crippen LogP contribution in [-0.4, -0.2) is 5.16 Å². The van der Waals surface area contributed by atoms with E-state index in [1.807, 2.05) is 31.2 Å². The number of hydrogen-bond acceptors (Lipinski definition) is 2. The second-order valence-corrected chi connectivity index (χ2v) is 3.07. The van der Waals surface area contributed by atoms with Crippen molar-refractivity contribution in [2.45, 2.75) is 13.0 Å². The first-order chi connectivity index (χ1) is 5.74. The van der Waals surface area contributed by atoms with Crippen molar-refractivity contribution in [3.63, 3.8) is 0 Å². The summed E-state index contributed by atoms with van der Waals surface area (Å²) in [5.74, 6) is 0. The Balaban J connectivity index is 2.89. The third-order valence-electron chi connectivity index (χ3n) is 1.60. The van der Waals surface area contributed by atoms with E-state index >= 15 is 0 Å². The number of isothiocyanates is 1. The first kappa shape index (κ1) is 9.40. The molecular weight excluding hydrogens is 190 g/mol. The topological polar surface area (TPSA) is 12.4 Å². The van der Waals surface area contributed by atoms with Crippen LogP contribution in [0.25, 0.3) is 0 Å². The van der Waals surface area contributed by atoms with Crippen molar-refractivity contribution in [1.29, 1.82) is 0 Å². The van der Waals surface area contributed by atoms with Crippen molar-refractivity contribution < 1.29 is 0 Å². The van der Waals surface area contributed by atoms with Crippen LogP contribution in [0.2, 0.25) is 5.02 Å². The third kappa shape index (κ3) is 2.42. The third-order valence-corrected chi connectivity index (χ3v) is 1.96. The Morgan fingerprint density at radius 2 is 2.00 bits per heavy atom. The molecule has 0 unspecified atom stereocenters. The summed E-state index contributed by atoms with van der Waals surface area (Å²) in [6.07, 6.45) is 0. The summed E-state index contributed by atoms with van der Waals surface area (Å²) in [6, 6.07) is 7.62. The molecule has 3 heteroatoms. The van der Waals surface area contributed by atoms with Crippen LogP contribution in [0.4, 0.5) is 0 Å². The lowest BCUT2D eigenvalue weighted by molar-refractivity contribution is 0.828. The van der Waals surface area contributed by atoms with Crippen LogP contribution in [0, 0.1) is 0 Å². The maximum absolute atomic E-state index is 5.73. The molecule has 1 nitrogen and oxygen atoms in total. The molecule has 0 aromatic heterocycles. The van der Waals surface area contributed by atoms with Crippen LogP contribution in [-0.2, 0) is 0 Å². The van der Waals surface area contributed by atoms with Crippen molar-refractivity contribution in [3.05, 3.63) is 34.9 Å². The van der Waals surface area contributed by atoms with Gasteiger partial charge in [-0.25, -0.2) is 4.99 Å². The Kier molecular flexibility index (Phi) is 3.42. The zero-order valence-electron chi connectivity index (χ0n) is 6.62. The van der Waals surface area contributed by atoms with E-state index < -0.39 is 0 Å². The lowest BCUT2D eigenvalue weighted by Gasteiger charge is -2.03. The molecule has 0 amide bonds. The molecule has 0 fully saturated rings. The average Bonchev–Trinajstić information content (AvgIpc) is 2.06. The fraction of sp³-hybridized carbons (Fsp3) is 0.222. The van der Waals surface area contributed by atoms with Gasteiger partial charge in [-0.3, -0.25) is 0 Å². The minimum absolute atomic E-state index is 0.0692. The Morgan fingerprint density at radius 3 is 2.50 bits per heavy atom. The smallest absolute Gasteiger partial charge is 0.0824 e. The second kappa shape index (κ2) is 4.36. The van der Waals surface area contributed by atoms with Gasteiger partial charge in [-0.05, 0) is 36.8 Å². The maximum Gasteiger partial charge on any atom is 0.0824 e. The van der Waals surface area contributed by atoms with E-state index in [-0.39, 0.29) is 6.04 Å². The van der Waals surface area contributed by atoms with E-state index in [0.717, 1.165) is 10.6 Å². The Labute approximate surface area is 82.1 Å². The molecule has 0 heterocycles. The number of hydrogen-bond donors (Lipinski definition) is 0. The highest BCUT2D eigenvalue weighted by Gasteiger charge is 2.00. The van der Waals surface area contributed by atoms with Crippen LogP contribution in [0.3, 0.4) is 0 Å². The van der Waals surface area contributed by atoms with Gasteiger partial charge < -0.3 is 0 Å². The average molecular weight is 198 g/mol. The predicted octanol–water partition coefficient (Wildman–Crippen LogP) is 3.50. The van der Waals surface area contributed by atoms with Gasteiger partial charge in [0.1, 0.15) is 0 Å². The molecule has 1 atom stereocenters. The molecule has 0 spiro atoms. The van der Waals surface area contributed by atoms with E-state index in [2.05, 4.69) is 22.4 Å². The fourth-order valence-corrected chi connectivity index (χ4v) is 1.18. The van der Waals surface area contributed by atoms with Gasteiger partial charge in [0.25, 0.3) is 0 Å². The number of rotatable bonds is 2. The number of nitrogens with zero attached hydrogens (tertiary/aromatic N) is 1. The molecule has 0 bridgehead atoms. The van der Waals surface area contributed by atoms with E-state index in [9.17, 15) is 0 Å². The minimum atomic E-state index is 0.0692. The first-order valence-electron chi connectivity index (χ1n) is 3.56. The molecule has 0 aliphatic rings. The summed E-state index contributed by atoms with van der Waals surface area (Å²) < 4.78 is 0. The largest absolute Gasteiger partial charge is 0.225 e. The second-order valence-electron chi connectivity index (χ2n) is 2.45. The molecular formula is C9H8ClNS. The molecule has 0 aliphatic carbocycles. The SMILES string of the molecule is C[C@@H](N=C=S)c1ccc(Cl)cc1. The monoisotopic (exact) mass is 197 g/mol. The Morgan fingerprint density at radius 1 is 1.42 bits per heavy atom. The quantitative estimate of drug-likeness (QED) is 0.522. The number of benzene rings is 1. The normalized spacial score (nSPS) is 11.8. The van der Waals surface area contributed by atoms with Gasteiger partial charge in [0, 0.05) is 5.02 Å². The lowest BCUT2D eigenvalue weighted by Crippen LogP contribution is -1.87. The highest BCUT2D eigenvalue weighted by atomic mass is 35.5. The summed E-state index contributed by atoms with van der Waals surface area (Å²) in [5.41, 5.74) is 1.09. The standard InChI is InChI=1S/C9H8ClNS/c1-7(11-6-12)8-2-4-9(10)5-3-8/h2-5,7H,1H3/t7-/m1/s1. The van der Waals surface area contributed by atoms with Crippen LogP contribution >= 0.6 is 23.8 Å². The van der Waals surface area contributed by atoms with Crippen LogP contribution in [0.5, 0.6) is 0 Å². The van der Waals surface area contributed by atoms with Gasteiger partial charge in [-0.15, -0.1) is 0 Å². The molecule has 1 aromatic carbocycles. The summed E-state index contributed by atoms with van der Waals surface area (Å²) in [6.45, 7) is 1.96. The summed E-state index contributed by atoms with van der Waals surface area (Å²) in [7, 11) is 0. The number of aliphatic imine (C=N–C) groups is 1. The van der Waals surface area contributed by atoms with E-state index in [0.29, 0.717) is 0 Å². The van der Waals surface area contributed by atoms with Crippen LogP contribution in [0.15, 0.2) is 29.3 Å². The van der Waals surface area contributed by atoms with Crippen LogP contribution < -0.4 is 0 Å². The van der Waals surface area contributed by atoms with Crippen molar-refractivity contribution >= 4 is 29.0 Å². The Hall–Kier alpha value is -0.690. The van der Waals surface area contributed by atoms with Gasteiger partial charge in [0.15, 0.2) is 0 Å². The Bertz CT molecular complexity index is 301. The molecule has 1 aromatic rings. The summed E-state index contributed by atoms with van der Waals surface area (Å²) in [4.78, 5) is 3.95. The number of thiocarbonyl (C=S) groups is 1. The van der Waals surface area contributed by atoms with Gasteiger partial charge in [-0.1, -0.05) is 23.7 Å². The molecule has 12 heavy (non-hydrogen) atoms. The van der Waals surface area contributed by atoms with Crippen molar-refractivity contribution in [1.82, 2.24) is 0 Å². The lowest BCUT2D eigenvalue weighted by atomic mass is 10.1. The van der Waals surface area contributed by atoms with Crippen LogP contribution in [0.1, 0.15) is 18.5 Å². The van der Waals surface area contributed by atoms with Crippen molar-refractivity contribution in [2.75, 3.05) is 0 Å². The highest BCUT2D eigenvalue weighted by Crippen LogP contribution is 2.18. The van der Waals surface area contributed by atoms with Gasteiger partial charge in [-0.2, -0.15) is 0 Å². The molecule has 0 radical (unpaired) electrons. The van der Waals surface area contributed by atoms with E-state index in [4.69, 9.17) is 11.6 Å². The minimum Gasteiger partial charge on any atom is -0.225 e.